The first-order valence-corrected chi connectivity index (χ1v) is 6.83. The Labute approximate surface area is 119 Å². The number of benzene rings is 2. The second-order valence-electron chi connectivity index (χ2n) is 4.30. The van der Waals surface area contributed by atoms with Crippen molar-refractivity contribution in [2.75, 3.05) is 6.54 Å². The molecule has 0 unspecified atom stereocenters. The molecule has 0 fully saturated rings. The lowest BCUT2D eigenvalue weighted by Crippen LogP contribution is -2.11. The monoisotopic (exact) mass is 275 g/mol. The topological polar surface area (TPSA) is 21.3 Å². The van der Waals surface area contributed by atoms with Gasteiger partial charge in [0.05, 0.1) is 0 Å². The van der Waals surface area contributed by atoms with Gasteiger partial charge in [0.25, 0.3) is 0 Å². The number of rotatable bonds is 6. The maximum Gasteiger partial charge on any atom is 0.119 e. The van der Waals surface area contributed by atoms with Gasteiger partial charge >= 0.3 is 0 Å². The van der Waals surface area contributed by atoms with E-state index in [1.807, 2.05) is 36.4 Å². The standard InChI is InChI=1S/C16H18ClNO/c1-2-18-11-13-7-9-15(10-8-13)19-12-14-5-3-4-6-16(14)17/h3-10,18H,2,11-12H2,1H3. The molecular formula is C16H18ClNO. The zero-order valence-corrected chi connectivity index (χ0v) is 11.8. The Balaban J connectivity index is 1.91. The van der Waals surface area contributed by atoms with Crippen LogP contribution in [-0.4, -0.2) is 6.54 Å². The maximum absolute atomic E-state index is 6.08. The highest BCUT2D eigenvalue weighted by Gasteiger charge is 2.00. The first-order valence-electron chi connectivity index (χ1n) is 6.45. The molecule has 0 aromatic heterocycles. The summed E-state index contributed by atoms with van der Waals surface area (Å²) in [6, 6.07) is 15.9. The highest BCUT2D eigenvalue weighted by atomic mass is 35.5. The van der Waals surface area contributed by atoms with E-state index in [2.05, 4.69) is 24.4 Å². The van der Waals surface area contributed by atoms with Crippen LogP contribution in [0.25, 0.3) is 0 Å². The fourth-order valence-corrected chi connectivity index (χ4v) is 1.94. The molecule has 0 aliphatic heterocycles. The van der Waals surface area contributed by atoms with E-state index in [4.69, 9.17) is 16.3 Å². The van der Waals surface area contributed by atoms with E-state index in [1.165, 1.54) is 5.56 Å². The molecule has 0 heterocycles. The number of hydrogen-bond acceptors (Lipinski definition) is 2. The first kappa shape index (κ1) is 13.9. The van der Waals surface area contributed by atoms with Gasteiger partial charge in [-0.2, -0.15) is 0 Å². The zero-order valence-electron chi connectivity index (χ0n) is 11.0. The number of ether oxygens (including phenoxy) is 1. The van der Waals surface area contributed by atoms with Crippen LogP contribution >= 0.6 is 11.6 Å². The summed E-state index contributed by atoms with van der Waals surface area (Å²) in [5.41, 5.74) is 2.26. The van der Waals surface area contributed by atoms with Gasteiger partial charge in [0.15, 0.2) is 0 Å². The molecule has 2 rings (SSSR count). The van der Waals surface area contributed by atoms with Crippen LogP contribution in [0.4, 0.5) is 0 Å². The van der Waals surface area contributed by atoms with Crippen LogP contribution in [0.1, 0.15) is 18.1 Å². The van der Waals surface area contributed by atoms with Crippen molar-refractivity contribution < 1.29 is 4.74 Å². The molecule has 0 bridgehead atoms. The molecule has 0 amide bonds. The van der Waals surface area contributed by atoms with Gasteiger partial charge in [0.2, 0.25) is 0 Å². The highest BCUT2D eigenvalue weighted by molar-refractivity contribution is 6.31. The first-order chi connectivity index (χ1) is 9.29. The highest BCUT2D eigenvalue weighted by Crippen LogP contribution is 2.18. The molecule has 3 heteroatoms. The van der Waals surface area contributed by atoms with E-state index < -0.39 is 0 Å². The minimum atomic E-state index is 0.492. The Morgan fingerprint density at radius 2 is 1.79 bits per heavy atom. The fourth-order valence-electron chi connectivity index (χ4n) is 1.75. The average molecular weight is 276 g/mol. The predicted molar refractivity (Wildman–Crippen MR) is 79.6 cm³/mol. The Morgan fingerprint density at radius 1 is 1.05 bits per heavy atom. The van der Waals surface area contributed by atoms with Crippen LogP contribution < -0.4 is 10.1 Å². The van der Waals surface area contributed by atoms with Crippen LogP contribution in [0.2, 0.25) is 5.02 Å². The third-order valence-electron chi connectivity index (χ3n) is 2.85. The van der Waals surface area contributed by atoms with Gasteiger partial charge in [0, 0.05) is 17.1 Å². The molecule has 0 radical (unpaired) electrons. The SMILES string of the molecule is CCNCc1ccc(OCc2ccccc2Cl)cc1. The van der Waals surface area contributed by atoms with Crippen LogP contribution in [0, 0.1) is 0 Å². The van der Waals surface area contributed by atoms with Crippen molar-refractivity contribution in [3.8, 4) is 5.75 Å². The van der Waals surface area contributed by atoms with Crippen LogP contribution in [0.5, 0.6) is 5.75 Å². The average Bonchev–Trinajstić information content (AvgIpc) is 2.45. The molecule has 0 aliphatic rings. The van der Waals surface area contributed by atoms with Crippen molar-refractivity contribution in [3.05, 3.63) is 64.7 Å². The van der Waals surface area contributed by atoms with Crippen LogP contribution in [-0.2, 0) is 13.2 Å². The third-order valence-corrected chi connectivity index (χ3v) is 3.22. The summed E-state index contributed by atoms with van der Waals surface area (Å²) >= 11 is 6.08. The van der Waals surface area contributed by atoms with Gasteiger partial charge in [-0.3, -0.25) is 0 Å². The molecule has 1 N–H and O–H groups in total. The molecule has 2 aromatic carbocycles. The van der Waals surface area contributed by atoms with Crippen molar-refractivity contribution in [3.63, 3.8) is 0 Å². The van der Waals surface area contributed by atoms with Gasteiger partial charge in [0.1, 0.15) is 12.4 Å². The summed E-state index contributed by atoms with van der Waals surface area (Å²) in [5, 5.41) is 4.03. The summed E-state index contributed by atoms with van der Waals surface area (Å²) < 4.78 is 5.73. The second-order valence-corrected chi connectivity index (χ2v) is 4.71. The van der Waals surface area contributed by atoms with E-state index in [-0.39, 0.29) is 0 Å². The van der Waals surface area contributed by atoms with Gasteiger partial charge in [-0.15, -0.1) is 0 Å². The lowest BCUT2D eigenvalue weighted by Gasteiger charge is -2.08. The summed E-state index contributed by atoms with van der Waals surface area (Å²) in [5.74, 6) is 0.861. The molecule has 0 saturated heterocycles. The van der Waals surface area contributed by atoms with Crippen LogP contribution in [0.3, 0.4) is 0 Å². The predicted octanol–water partition coefficient (Wildman–Crippen LogP) is 4.03. The largest absolute Gasteiger partial charge is 0.489 e. The normalized spacial score (nSPS) is 10.4. The molecule has 0 aliphatic carbocycles. The lowest BCUT2D eigenvalue weighted by atomic mass is 10.2. The number of nitrogens with one attached hydrogen (secondary N) is 1. The van der Waals surface area contributed by atoms with Crippen molar-refractivity contribution in [2.24, 2.45) is 0 Å². The van der Waals surface area contributed by atoms with Crippen LogP contribution in [0.15, 0.2) is 48.5 Å². The maximum atomic E-state index is 6.08. The van der Waals surface area contributed by atoms with Gasteiger partial charge in [-0.05, 0) is 30.3 Å². The molecule has 0 atom stereocenters. The molecule has 2 aromatic rings. The minimum Gasteiger partial charge on any atom is -0.489 e. The molecular weight excluding hydrogens is 258 g/mol. The molecule has 0 spiro atoms. The third kappa shape index (κ3) is 4.27. The zero-order chi connectivity index (χ0) is 13.5. The molecule has 0 saturated carbocycles. The second kappa shape index (κ2) is 7.17. The van der Waals surface area contributed by atoms with Gasteiger partial charge < -0.3 is 10.1 Å². The Morgan fingerprint density at radius 3 is 2.47 bits per heavy atom. The Hall–Kier alpha value is -1.51. The number of hydrogen-bond donors (Lipinski definition) is 1. The molecule has 2 nitrogen and oxygen atoms in total. The lowest BCUT2D eigenvalue weighted by molar-refractivity contribution is 0.306. The van der Waals surface area contributed by atoms with E-state index in [0.29, 0.717) is 6.61 Å². The summed E-state index contributed by atoms with van der Waals surface area (Å²) in [7, 11) is 0. The van der Waals surface area contributed by atoms with Crippen molar-refractivity contribution in [1.82, 2.24) is 5.32 Å². The van der Waals surface area contributed by atoms with Gasteiger partial charge in [-0.1, -0.05) is 48.9 Å². The van der Waals surface area contributed by atoms with Crippen molar-refractivity contribution in [1.29, 1.82) is 0 Å². The molecule has 100 valence electrons. The van der Waals surface area contributed by atoms with Crippen molar-refractivity contribution in [2.45, 2.75) is 20.1 Å². The van der Waals surface area contributed by atoms with E-state index in [9.17, 15) is 0 Å². The van der Waals surface area contributed by atoms with E-state index in [1.54, 1.807) is 0 Å². The Bertz CT molecular complexity index is 510. The van der Waals surface area contributed by atoms with E-state index >= 15 is 0 Å². The molecule has 19 heavy (non-hydrogen) atoms. The van der Waals surface area contributed by atoms with Gasteiger partial charge in [-0.25, -0.2) is 0 Å². The number of halogens is 1. The summed E-state index contributed by atoms with van der Waals surface area (Å²) in [4.78, 5) is 0. The quantitative estimate of drug-likeness (QED) is 0.859. The van der Waals surface area contributed by atoms with Crippen molar-refractivity contribution >= 4 is 11.6 Å². The Kier molecular flexibility index (Phi) is 5.25. The summed E-state index contributed by atoms with van der Waals surface area (Å²) in [6.45, 7) is 4.46. The summed E-state index contributed by atoms with van der Waals surface area (Å²) in [6.07, 6.45) is 0. The van der Waals surface area contributed by atoms with E-state index in [0.717, 1.165) is 29.4 Å². The minimum absolute atomic E-state index is 0.492. The smallest absolute Gasteiger partial charge is 0.119 e. The fraction of sp³-hybridized carbons (Fsp3) is 0.250.